The van der Waals surface area contributed by atoms with Crippen LogP contribution in [0.3, 0.4) is 0 Å². The number of para-hydroxylation sites is 1. The van der Waals surface area contributed by atoms with E-state index < -0.39 is 0 Å². The molecule has 0 bridgehead atoms. The molecule has 1 aliphatic carbocycles. The molecule has 6 nitrogen and oxygen atoms in total. The van der Waals surface area contributed by atoms with Gasteiger partial charge in [0.25, 0.3) is 5.91 Å². The van der Waals surface area contributed by atoms with Crippen molar-refractivity contribution in [1.82, 2.24) is 15.2 Å². The predicted molar refractivity (Wildman–Crippen MR) is 133 cm³/mol. The summed E-state index contributed by atoms with van der Waals surface area (Å²) >= 11 is 0. The molecule has 4 aromatic rings. The lowest BCUT2D eigenvalue weighted by molar-refractivity contribution is 0.0706. The number of H-pyrrole nitrogens is 1. The molecular formula is C28H28N4O2. The molecule has 2 heterocycles. The van der Waals surface area contributed by atoms with Crippen molar-refractivity contribution in [2.24, 2.45) is 0 Å². The fourth-order valence-corrected chi connectivity index (χ4v) is 4.88. The Hall–Kier alpha value is -3.98. The van der Waals surface area contributed by atoms with Crippen molar-refractivity contribution in [3.63, 3.8) is 0 Å². The van der Waals surface area contributed by atoms with Crippen LogP contribution < -0.4 is 5.32 Å². The summed E-state index contributed by atoms with van der Waals surface area (Å²) in [5, 5.41) is 14.7. The molecule has 5 rings (SSSR count). The topological polar surface area (TPSA) is 85.1 Å². The minimum atomic E-state index is -0.0205. The predicted octanol–water partition coefficient (Wildman–Crippen LogP) is 5.78. The molecule has 0 unspecified atom stereocenters. The van der Waals surface area contributed by atoms with Crippen LogP contribution in [-0.4, -0.2) is 28.4 Å². The molecular weight excluding hydrogens is 424 g/mol. The first kappa shape index (κ1) is 21.8. The third-order valence-corrected chi connectivity index (χ3v) is 6.74. The Balaban J connectivity index is 1.33. The molecule has 1 amide bonds. The van der Waals surface area contributed by atoms with Crippen molar-refractivity contribution >= 4 is 27.8 Å². The molecule has 1 atom stereocenters. The number of rotatable bonds is 6. The number of nitriles is 1. The van der Waals surface area contributed by atoms with Gasteiger partial charge in [-0.05, 0) is 69.5 Å². The molecule has 1 aliphatic rings. The van der Waals surface area contributed by atoms with Crippen molar-refractivity contribution in [3.05, 3.63) is 82.9 Å². The zero-order valence-electron chi connectivity index (χ0n) is 19.5. The van der Waals surface area contributed by atoms with E-state index in [0.29, 0.717) is 24.3 Å². The Labute approximate surface area is 198 Å². The second-order valence-electron chi connectivity index (χ2n) is 8.84. The van der Waals surface area contributed by atoms with Gasteiger partial charge in [-0.25, -0.2) is 0 Å². The average molecular weight is 453 g/mol. The third kappa shape index (κ3) is 4.06. The van der Waals surface area contributed by atoms with Crippen molar-refractivity contribution in [1.29, 1.82) is 5.26 Å². The molecule has 0 spiro atoms. The van der Waals surface area contributed by atoms with Gasteiger partial charge in [-0.2, -0.15) is 5.26 Å². The Morgan fingerprint density at radius 3 is 2.91 bits per heavy atom. The van der Waals surface area contributed by atoms with Gasteiger partial charge in [0.2, 0.25) is 0 Å². The van der Waals surface area contributed by atoms with Gasteiger partial charge >= 0.3 is 0 Å². The number of aromatic amines is 1. The maximum absolute atomic E-state index is 13.4. The number of furan rings is 1. The molecule has 0 radical (unpaired) electrons. The van der Waals surface area contributed by atoms with Crippen LogP contribution >= 0.6 is 0 Å². The number of hydrogen-bond donors (Lipinski definition) is 2. The number of allylic oxidation sites excluding steroid dienone is 1. The number of nitrogens with zero attached hydrogens (tertiary/aromatic N) is 2. The van der Waals surface area contributed by atoms with Gasteiger partial charge in [-0.1, -0.05) is 18.2 Å². The van der Waals surface area contributed by atoms with E-state index in [-0.39, 0.29) is 11.9 Å². The first-order valence-electron chi connectivity index (χ1n) is 11.8. The highest BCUT2D eigenvalue weighted by Gasteiger charge is 2.26. The number of benzene rings is 2. The van der Waals surface area contributed by atoms with E-state index in [1.54, 1.807) is 6.07 Å². The van der Waals surface area contributed by atoms with Crippen molar-refractivity contribution < 1.29 is 9.21 Å². The van der Waals surface area contributed by atoms with Crippen LogP contribution in [0.4, 0.5) is 0 Å². The molecule has 0 saturated carbocycles. The van der Waals surface area contributed by atoms with Gasteiger partial charge in [-0.3, -0.25) is 4.79 Å². The quantitative estimate of drug-likeness (QED) is 0.388. The fourth-order valence-electron chi connectivity index (χ4n) is 4.88. The highest BCUT2D eigenvalue weighted by Crippen LogP contribution is 2.27. The Morgan fingerprint density at radius 1 is 1.26 bits per heavy atom. The van der Waals surface area contributed by atoms with Crippen LogP contribution in [0.15, 0.2) is 64.7 Å². The van der Waals surface area contributed by atoms with Crippen molar-refractivity contribution in [2.75, 3.05) is 6.54 Å². The molecule has 172 valence electrons. The van der Waals surface area contributed by atoms with Crippen LogP contribution in [0, 0.1) is 18.3 Å². The number of fused-ring (bicyclic) bond motifs is 2. The third-order valence-electron chi connectivity index (χ3n) is 6.74. The minimum absolute atomic E-state index is 0.0205. The molecule has 0 fully saturated rings. The van der Waals surface area contributed by atoms with E-state index in [9.17, 15) is 4.79 Å². The summed E-state index contributed by atoms with van der Waals surface area (Å²) in [6.07, 6.45) is 5.11. The molecule has 0 saturated heterocycles. The van der Waals surface area contributed by atoms with Gasteiger partial charge in [0.1, 0.15) is 17.0 Å². The van der Waals surface area contributed by atoms with Crippen LogP contribution in [-0.2, 0) is 6.54 Å². The molecule has 2 N–H and O–H groups in total. The minimum Gasteiger partial charge on any atom is -0.459 e. The van der Waals surface area contributed by atoms with Gasteiger partial charge in [0, 0.05) is 34.1 Å². The summed E-state index contributed by atoms with van der Waals surface area (Å²) in [7, 11) is 0. The average Bonchev–Trinajstić information content (AvgIpc) is 3.44. The number of nitrogens with one attached hydrogen (secondary N) is 2. The normalized spacial score (nSPS) is 15.8. The van der Waals surface area contributed by atoms with E-state index in [2.05, 4.69) is 35.4 Å². The Kier molecular flexibility index (Phi) is 5.85. The standard InChI is InChI=1S/C28H28N4O2/c1-3-32(28(33)25-14-20-13-19(16-29)11-12-24(20)31-25)22-8-6-7-21(15-22)30-17-27-18(2)23-9-4-5-10-26(23)34-27/h4-5,9-15,22,30-31H,3,6-8,17H2,1-2H3/t22-/m0/s1. The lowest BCUT2D eigenvalue weighted by Crippen LogP contribution is -2.41. The summed E-state index contributed by atoms with van der Waals surface area (Å²) in [6.45, 7) is 5.36. The summed E-state index contributed by atoms with van der Waals surface area (Å²) in [6, 6.07) is 17.6. The molecule has 6 heteroatoms. The maximum atomic E-state index is 13.4. The van der Waals surface area contributed by atoms with E-state index in [4.69, 9.17) is 9.68 Å². The van der Waals surface area contributed by atoms with Crippen LogP contribution in [0.1, 0.15) is 53.6 Å². The van der Waals surface area contributed by atoms with Crippen LogP contribution in [0.5, 0.6) is 0 Å². The smallest absolute Gasteiger partial charge is 0.270 e. The zero-order chi connectivity index (χ0) is 23.7. The summed E-state index contributed by atoms with van der Waals surface area (Å²) < 4.78 is 6.05. The lowest BCUT2D eigenvalue weighted by atomic mass is 9.98. The molecule has 2 aromatic carbocycles. The highest BCUT2D eigenvalue weighted by molar-refractivity contribution is 5.98. The first-order chi connectivity index (χ1) is 16.6. The lowest BCUT2D eigenvalue weighted by Gasteiger charge is -2.32. The Morgan fingerprint density at radius 2 is 2.12 bits per heavy atom. The van der Waals surface area contributed by atoms with Gasteiger partial charge < -0.3 is 19.6 Å². The van der Waals surface area contributed by atoms with E-state index in [0.717, 1.165) is 52.6 Å². The second kappa shape index (κ2) is 9.11. The second-order valence-corrected chi connectivity index (χ2v) is 8.84. The van der Waals surface area contributed by atoms with Crippen molar-refractivity contribution in [2.45, 2.75) is 45.7 Å². The number of aromatic nitrogens is 1. The number of likely N-dealkylation sites (N-methyl/N-ethyl adjacent to an activating group) is 1. The number of hydrogen-bond acceptors (Lipinski definition) is 4. The zero-order valence-corrected chi connectivity index (χ0v) is 19.5. The highest BCUT2D eigenvalue weighted by atomic mass is 16.3. The SMILES string of the molecule is CCN(C(=O)c1cc2cc(C#N)ccc2[nH]1)[C@@H]1C=C(NCc2oc3ccccc3c2C)CCC1. The van der Waals surface area contributed by atoms with Gasteiger partial charge in [0.05, 0.1) is 24.2 Å². The number of carbonyl (C=O) groups excluding carboxylic acids is 1. The molecule has 2 aromatic heterocycles. The van der Waals surface area contributed by atoms with E-state index in [1.807, 2.05) is 48.2 Å². The van der Waals surface area contributed by atoms with Crippen LogP contribution in [0.2, 0.25) is 0 Å². The number of carbonyl (C=O) groups is 1. The monoisotopic (exact) mass is 452 g/mol. The maximum Gasteiger partial charge on any atom is 0.270 e. The fraction of sp³-hybridized carbons (Fsp3) is 0.286. The number of amides is 1. The van der Waals surface area contributed by atoms with Crippen molar-refractivity contribution in [3.8, 4) is 6.07 Å². The molecule has 0 aliphatic heterocycles. The first-order valence-corrected chi connectivity index (χ1v) is 11.8. The van der Waals surface area contributed by atoms with Gasteiger partial charge in [-0.15, -0.1) is 0 Å². The van der Waals surface area contributed by atoms with E-state index >= 15 is 0 Å². The number of aryl methyl sites for hydroxylation is 1. The van der Waals surface area contributed by atoms with Gasteiger partial charge in [0.15, 0.2) is 0 Å². The van der Waals surface area contributed by atoms with E-state index in [1.165, 1.54) is 5.56 Å². The molecule has 34 heavy (non-hydrogen) atoms. The summed E-state index contributed by atoms with van der Waals surface area (Å²) in [5.41, 5.74) is 5.23. The Bertz CT molecular complexity index is 1440. The van der Waals surface area contributed by atoms with Crippen LogP contribution in [0.25, 0.3) is 21.9 Å². The largest absolute Gasteiger partial charge is 0.459 e. The summed E-state index contributed by atoms with van der Waals surface area (Å²) in [5.74, 6) is 0.926. The summed E-state index contributed by atoms with van der Waals surface area (Å²) in [4.78, 5) is 18.5.